The van der Waals surface area contributed by atoms with Crippen molar-refractivity contribution in [1.82, 2.24) is 15.0 Å². The summed E-state index contributed by atoms with van der Waals surface area (Å²) >= 11 is 1.34. The normalized spacial score (nSPS) is 12.8. The molecule has 0 bridgehead atoms. The number of fused-ring (bicyclic) bond motifs is 1. The van der Waals surface area contributed by atoms with Crippen LogP contribution < -0.4 is 19.5 Å². The molecule has 11 heteroatoms. The van der Waals surface area contributed by atoms with Crippen LogP contribution in [0.25, 0.3) is 0 Å². The summed E-state index contributed by atoms with van der Waals surface area (Å²) in [5, 5.41) is 6.91. The average Bonchev–Trinajstić information content (AvgIpc) is 3.42. The number of thiazole rings is 1. The van der Waals surface area contributed by atoms with Crippen molar-refractivity contribution in [3.8, 4) is 17.2 Å². The molecule has 10 nitrogen and oxygen atoms in total. The third kappa shape index (κ3) is 4.11. The number of benzene rings is 1. The molecule has 0 atom stereocenters. The van der Waals surface area contributed by atoms with E-state index in [1.807, 2.05) is 0 Å². The molecule has 0 fully saturated rings. The maximum atomic E-state index is 13.2. The van der Waals surface area contributed by atoms with E-state index in [4.69, 9.17) is 18.7 Å². The van der Waals surface area contributed by atoms with Gasteiger partial charge in [-0.3, -0.25) is 14.9 Å². The van der Waals surface area contributed by atoms with Crippen LogP contribution in [-0.4, -0.2) is 54.7 Å². The quantitative estimate of drug-likeness (QED) is 0.599. The number of aromatic nitrogens is 2. The largest absolute Gasteiger partial charge is 0.493 e. The van der Waals surface area contributed by atoms with Gasteiger partial charge in [0, 0.05) is 29.5 Å². The van der Waals surface area contributed by atoms with Gasteiger partial charge in [-0.15, -0.1) is 0 Å². The molecule has 168 valence electrons. The Morgan fingerprint density at radius 3 is 2.44 bits per heavy atom. The van der Waals surface area contributed by atoms with Crippen molar-refractivity contribution >= 4 is 28.3 Å². The fourth-order valence-corrected chi connectivity index (χ4v) is 4.46. The van der Waals surface area contributed by atoms with E-state index in [2.05, 4.69) is 15.5 Å². The Bertz CT molecular complexity index is 1150. The minimum Gasteiger partial charge on any atom is -0.493 e. The van der Waals surface area contributed by atoms with Crippen molar-refractivity contribution in [1.29, 1.82) is 0 Å². The maximum absolute atomic E-state index is 13.2. The number of aryl methyl sites for hydroxylation is 1. The van der Waals surface area contributed by atoms with Gasteiger partial charge < -0.3 is 23.6 Å². The van der Waals surface area contributed by atoms with Crippen molar-refractivity contribution in [3.05, 3.63) is 45.8 Å². The lowest BCUT2D eigenvalue weighted by Gasteiger charge is -2.26. The van der Waals surface area contributed by atoms with Crippen LogP contribution in [0.3, 0.4) is 0 Å². The predicted octanol–water partition coefficient (Wildman–Crippen LogP) is 2.92. The predicted molar refractivity (Wildman–Crippen MR) is 116 cm³/mol. The van der Waals surface area contributed by atoms with E-state index >= 15 is 0 Å². The monoisotopic (exact) mass is 458 g/mol. The van der Waals surface area contributed by atoms with E-state index in [9.17, 15) is 9.59 Å². The van der Waals surface area contributed by atoms with Crippen molar-refractivity contribution in [2.75, 3.05) is 33.2 Å². The molecule has 1 N–H and O–H groups in total. The minimum atomic E-state index is -0.390. The maximum Gasteiger partial charge on any atom is 0.279 e. The average molecular weight is 458 g/mol. The number of methoxy groups -OCH3 is 3. The molecule has 0 saturated heterocycles. The first-order valence-electron chi connectivity index (χ1n) is 9.76. The summed E-state index contributed by atoms with van der Waals surface area (Å²) in [7, 11) is 4.52. The zero-order valence-corrected chi connectivity index (χ0v) is 18.9. The Hall–Kier alpha value is -3.60. The molecule has 0 unspecified atom stereocenters. The first kappa shape index (κ1) is 21.6. The first-order chi connectivity index (χ1) is 15.4. The molecule has 1 aliphatic heterocycles. The molecule has 4 rings (SSSR count). The van der Waals surface area contributed by atoms with Crippen LogP contribution >= 0.6 is 11.3 Å². The van der Waals surface area contributed by atoms with Crippen LogP contribution in [0.15, 0.2) is 22.7 Å². The van der Waals surface area contributed by atoms with Crippen LogP contribution in [0.4, 0.5) is 5.13 Å². The van der Waals surface area contributed by atoms with Crippen LogP contribution in [0.5, 0.6) is 17.2 Å². The van der Waals surface area contributed by atoms with Crippen molar-refractivity contribution < 1.29 is 28.3 Å². The molecule has 2 aromatic heterocycles. The molecule has 1 aromatic carbocycles. The van der Waals surface area contributed by atoms with E-state index < -0.39 is 5.91 Å². The van der Waals surface area contributed by atoms with Gasteiger partial charge >= 0.3 is 0 Å². The smallest absolute Gasteiger partial charge is 0.279 e. The molecular weight excluding hydrogens is 436 g/mol. The number of nitrogens with zero attached hydrogens (tertiary/aromatic N) is 3. The lowest BCUT2D eigenvalue weighted by molar-refractivity contribution is 0.0735. The molecule has 1 aliphatic rings. The molecule has 0 saturated carbocycles. The summed E-state index contributed by atoms with van der Waals surface area (Å²) in [6.07, 6.45) is 0.584. The van der Waals surface area contributed by atoms with E-state index in [1.165, 1.54) is 32.7 Å². The van der Waals surface area contributed by atoms with E-state index in [0.717, 1.165) is 10.6 Å². The number of rotatable bonds is 6. The van der Waals surface area contributed by atoms with Crippen LogP contribution in [0.2, 0.25) is 0 Å². The van der Waals surface area contributed by atoms with Gasteiger partial charge in [-0.05, 0) is 19.1 Å². The third-order valence-electron chi connectivity index (χ3n) is 5.01. The highest BCUT2D eigenvalue weighted by Crippen LogP contribution is 2.39. The number of nitrogens with one attached hydrogen (secondary N) is 1. The van der Waals surface area contributed by atoms with Gasteiger partial charge in [-0.2, -0.15) is 0 Å². The number of carbonyl (C=O) groups is 2. The van der Waals surface area contributed by atoms with Gasteiger partial charge in [-0.1, -0.05) is 16.5 Å². The number of amides is 2. The highest BCUT2D eigenvalue weighted by molar-refractivity contribution is 7.15. The molecular formula is C21H22N4O6S. The third-order valence-corrected chi connectivity index (χ3v) is 6.01. The van der Waals surface area contributed by atoms with Gasteiger partial charge in [-0.25, -0.2) is 4.98 Å². The summed E-state index contributed by atoms with van der Waals surface area (Å²) in [6.45, 7) is 2.61. The molecule has 3 aromatic rings. The van der Waals surface area contributed by atoms with Crippen LogP contribution in [-0.2, 0) is 13.0 Å². The van der Waals surface area contributed by atoms with Gasteiger partial charge in [0.15, 0.2) is 22.3 Å². The summed E-state index contributed by atoms with van der Waals surface area (Å²) in [5.74, 6) is 1.26. The van der Waals surface area contributed by atoms with E-state index in [-0.39, 0.29) is 11.6 Å². The minimum absolute atomic E-state index is 0.160. The second-order valence-electron chi connectivity index (χ2n) is 7.06. The first-order valence-corrected chi connectivity index (χ1v) is 10.6. The van der Waals surface area contributed by atoms with E-state index in [1.54, 1.807) is 30.0 Å². The summed E-state index contributed by atoms with van der Waals surface area (Å²) in [6, 6.07) is 4.83. The van der Waals surface area contributed by atoms with Crippen molar-refractivity contribution in [3.63, 3.8) is 0 Å². The Balaban J connectivity index is 1.51. The lowest BCUT2D eigenvalue weighted by Crippen LogP contribution is -2.35. The highest BCUT2D eigenvalue weighted by atomic mass is 32.1. The van der Waals surface area contributed by atoms with Crippen LogP contribution in [0.1, 0.15) is 37.2 Å². The van der Waals surface area contributed by atoms with E-state index in [0.29, 0.717) is 53.2 Å². The fraction of sp³-hybridized carbons (Fsp3) is 0.333. The number of hydrogen-bond acceptors (Lipinski definition) is 9. The van der Waals surface area contributed by atoms with Crippen LogP contribution in [0, 0.1) is 6.92 Å². The number of anilines is 1. The standard InChI is InChI=1S/C21H22N4O6S/c1-11-7-14(24-31-11)19(26)23-21-22-13-5-6-25(10-17(13)32-21)20(27)12-8-15(28-2)18(30-4)16(9-12)29-3/h7-9H,5-6,10H2,1-4H3,(H,22,23,26). The SMILES string of the molecule is COc1cc(C(=O)N2CCc3nc(NC(=O)c4cc(C)on4)sc3C2)cc(OC)c1OC. The van der Waals surface area contributed by atoms with Crippen molar-refractivity contribution in [2.45, 2.75) is 19.9 Å². The summed E-state index contributed by atoms with van der Waals surface area (Å²) in [4.78, 5) is 32.6. The Morgan fingerprint density at radius 1 is 1.12 bits per heavy atom. The van der Waals surface area contributed by atoms with Gasteiger partial charge in [0.1, 0.15) is 5.76 Å². The topological polar surface area (TPSA) is 116 Å². The molecule has 0 radical (unpaired) electrons. The zero-order chi connectivity index (χ0) is 22.8. The molecule has 0 spiro atoms. The van der Waals surface area contributed by atoms with Crippen molar-refractivity contribution in [2.24, 2.45) is 0 Å². The molecule has 32 heavy (non-hydrogen) atoms. The highest BCUT2D eigenvalue weighted by Gasteiger charge is 2.27. The fourth-order valence-electron chi connectivity index (χ4n) is 3.44. The van der Waals surface area contributed by atoms with Gasteiger partial charge in [0.25, 0.3) is 11.8 Å². The molecule has 0 aliphatic carbocycles. The second-order valence-corrected chi connectivity index (χ2v) is 8.14. The summed E-state index contributed by atoms with van der Waals surface area (Å²) < 4.78 is 21.0. The lowest BCUT2D eigenvalue weighted by atomic mass is 10.1. The van der Waals surface area contributed by atoms with Gasteiger partial charge in [0.2, 0.25) is 5.75 Å². The Labute approximate surface area is 188 Å². The number of ether oxygens (including phenoxy) is 3. The Kier molecular flexibility index (Phi) is 5.99. The molecule has 2 amide bonds. The second kappa shape index (κ2) is 8.87. The number of carbonyl (C=O) groups excluding carboxylic acids is 2. The van der Waals surface area contributed by atoms with Gasteiger partial charge in [0.05, 0.1) is 33.6 Å². The number of hydrogen-bond donors (Lipinski definition) is 1. The zero-order valence-electron chi connectivity index (χ0n) is 18.1. The summed E-state index contributed by atoms with van der Waals surface area (Å²) in [5.41, 5.74) is 1.49. The molecule has 3 heterocycles. The Morgan fingerprint density at radius 2 is 1.84 bits per heavy atom.